The van der Waals surface area contributed by atoms with E-state index < -0.39 is 0 Å². The van der Waals surface area contributed by atoms with Crippen molar-refractivity contribution in [1.82, 2.24) is 4.57 Å². The van der Waals surface area contributed by atoms with Crippen molar-refractivity contribution < 1.29 is 4.42 Å². The number of halogens is 1. The molecule has 20 heavy (non-hydrogen) atoms. The number of nitrogens with zero attached hydrogens (tertiary/aromatic N) is 1. The number of hydrogen-bond donors (Lipinski definition) is 0. The van der Waals surface area contributed by atoms with Crippen LogP contribution in [-0.4, -0.2) is 4.57 Å². The van der Waals surface area contributed by atoms with Gasteiger partial charge in [-0.25, -0.2) is 4.79 Å². The molecule has 0 N–H and O–H groups in total. The molecule has 3 aromatic rings. The molecule has 0 radical (unpaired) electrons. The molecular formula is C15H14ClNO2S. The van der Waals surface area contributed by atoms with E-state index in [2.05, 4.69) is 6.07 Å². The number of aryl methyl sites for hydroxylation is 2. The molecule has 2 heterocycles. The number of thiophene rings is 1. The van der Waals surface area contributed by atoms with Crippen LogP contribution in [0.25, 0.3) is 11.1 Å². The van der Waals surface area contributed by atoms with Crippen LogP contribution in [0, 0.1) is 6.92 Å². The zero-order valence-corrected chi connectivity index (χ0v) is 12.8. The van der Waals surface area contributed by atoms with Gasteiger partial charge in [0, 0.05) is 11.4 Å². The predicted molar refractivity (Wildman–Crippen MR) is 82.9 cm³/mol. The zero-order chi connectivity index (χ0) is 14.3. The SMILES string of the molecule is CCn1c(=O)oc2cc(C(Cl)c3sccc3C)ccc21. The highest BCUT2D eigenvalue weighted by molar-refractivity contribution is 7.10. The highest BCUT2D eigenvalue weighted by atomic mass is 35.5. The highest BCUT2D eigenvalue weighted by Gasteiger charge is 2.17. The monoisotopic (exact) mass is 307 g/mol. The lowest BCUT2D eigenvalue weighted by molar-refractivity contribution is 0.513. The fraction of sp³-hybridized carbons (Fsp3) is 0.267. The van der Waals surface area contributed by atoms with Gasteiger partial charge in [0.2, 0.25) is 0 Å². The molecule has 0 fully saturated rings. The van der Waals surface area contributed by atoms with E-state index in [1.165, 1.54) is 5.56 Å². The maximum Gasteiger partial charge on any atom is 0.419 e. The maximum atomic E-state index is 11.7. The van der Waals surface area contributed by atoms with Crippen molar-refractivity contribution in [3.63, 3.8) is 0 Å². The van der Waals surface area contributed by atoms with Gasteiger partial charge < -0.3 is 4.42 Å². The van der Waals surface area contributed by atoms with Crippen LogP contribution in [0.4, 0.5) is 0 Å². The minimum absolute atomic E-state index is 0.213. The van der Waals surface area contributed by atoms with Crippen molar-refractivity contribution >= 4 is 34.0 Å². The topological polar surface area (TPSA) is 35.1 Å². The van der Waals surface area contributed by atoms with Gasteiger partial charge in [-0.3, -0.25) is 4.57 Å². The first kappa shape index (κ1) is 13.5. The molecule has 1 unspecified atom stereocenters. The molecule has 0 aliphatic rings. The predicted octanol–water partition coefficient (Wildman–Crippen LogP) is 4.31. The van der Waals surface area contributed by atoms with Crippen LogP contribution in [0.1, 0.15) is 28.3 Å². The molecule has 0 saturated carbocycles. The minimum Gasteiger partial charge on any atom is -0.408 e. The summed E-state index contributed by atoms with van der Waals surface area (Å²) in [6.45, 7) is 4.57. The Bertz CT molecular complexity index is 815. The van der Waals surface area contributed by atoms with Gasteiger partial charge in [0.15, 0.2) is 5.58 Å². The summed E-state index contributed by atoms with van der Waals surface area (Å²) in [6, 6.07) is 7.78. The fourth-order valence-corrected chi connectivity index (χ4v) is 3.73. The van der Waals surface area contributed by atoms with Gasteiger partial charge in [0.05, 0.1) is 10.9 Å². The summed E-state index contributed by atoms with van der Waals surface area (Å²) < 4.78 is 6.89. The van der Waals surface area contributed by atoms with Crippen molar-refractivity contribution in [2.75, 3.05) is 0 Å². The van der Waals surface area contributed by atoms with Crippen molar-refractivity contribution in [3.8, 4) is 0 Å². The molecule has 0 aliphatic carbocycles. The van der Waals surface area contributed by atoms with E-state index in [0.29, 0.717) is 12.1 Å². The van der Waals surface area contributed by atoms with Gasteiger partial charge in [-0.15, -0.1) is 22.9 Å². The quantitative estimate of drug-likeness (QED) is 0.676. The van der Waals surface area contributed by atoms with Gasteiger partial charge in [-0.1, -0.05) is 6.07 Å². The number of hydrogen-bond acceptors (Lipinski definition) is 3. The Morgan fingerprint density at radius 2 is 2.20 bits per heavy atom. The molecule has 0 spiro atoms. The van der Waals surface area contributed by atoms with Gasteiger partial charge in [0.1, 0.15) is 0 Å². The second-order valence-corrected chi connectivity index (χ2v) is 6.05. The number of benzene rings is 1. The summed E-state index contributed by atoms with van der Waals surface area (Å²) >= 11 is 8.18. The molecule has 104 valence electrons. The Balaban J connectivity index is 2.10. The van der Waals surface area contributed by atoms with E-state index in [4.69, 9.17) is 16.0 Å². The number of alkyl halides is 1. The maximum absolute atomic E-state index is 11.7. The van der Waals surface area contributed by atoms with E-state index in [0.717, 1.165) is 16.0 Å². The summed E-state index contributed by atoms with van der Waals surface area (Å²) in [5.74, 6) is -0.321. The lowest BCUT2D eigenvalue weighted by Crippen LogP contribution is -2.11. The van der Waals surface area contributed by atoms with Crippen molar-refractivity contribution in [1.29, 1.82) is 0 Å². The molecule has 0 bridgehead atoms. The zero-order valence-electron chi connectivity index (χ0n) is 11.2. The average Bonchev–Trinajstić information content (AvgIpc) is 2.99. The average molecular weight is 308 g/mol. The Morgan fingerprint density at radius 1 is 1.40 bits per heavy atom. The molecule has 3 nitrogen and oxygen atoms in total. The van der Waals surface area contributed by atoms with E-state index in [-0.39, 0.29) is 11.1 Å². The summed E-state index contributed by atoms with van der Waals surface area (Å²) in [5.41, 5.74) is 3.53. The van der Waals surface area contributed by atoms with Crippen LogP contribution < -0.4 is 5.76 Å². The minimum atomic E-state index is -0.321. The van der Waals surface area contributed by atoms with E-state index in [9.17, 15) is 4.79 Å². The van der Waals surface area contributed by atoms with Crippen LogP contribution in [0.5, 0.6) is 0 Å². The normalized spacial score (nSPS) is 12.9. The summed E-state index contributed by atoms with van der Waals surface area (Å²) in [6.07, 6.45) is 0. The second kappa shape index (κ2) is 5.11. The Hall–Kier alpha value is -1.52. The first-order valence-corrected chi connectivity index (χ1v) is 7.74. The molecule has 0 amide bonds. The van der Waals surface area contributed by atoms with Crippen molar-refractivity contribution in [2.24, 2.45) is 0 Å². The van der Waals surface area contributed by atoms with E-state index in [1.54, 1.807) is 15.9 Å². The molecule has 1 atom stereocenters. The third kappa shape index (κ3) is 2.09. The molecule has 1 aromatic carbocycles. The third-order valence-electron chi connectivity index (χ3n) is 3.43. The number of fused-ring (bicyclic) bond motifs is 1. The van der Waals surface area contributed by atoms with E-state index >= 15 is 0 Å². The van der Waals surface area contributed by atoms with E-state index in [1.807, 2.05) is 37.4 Å². The fourth-order valence-electron chi connectivity index (χ4n) is 2.34. The van der Waals surface area contributed by atoms with Crippen LogP contribution >= 0.6 is 22.9 Å². The lowest BCUT2D eigenvalue weighted by atomic mass is 10.1. The van der Waals surface area contributed by atoms with Gasteiger partial charge in [-0.05, 0) is 48.6 Å². The molecule has 0 aliphatic heterocycles. The summed E-state index contributed by atoms with van der Waals surface area (Å²) in [4.78, 5) is 12.8. The largest absolute Gasteiger partial charge is 0.419 e. The lowest BCUT2D eigenvalue weighted by Gasteiger charge is -2.09. The van der Waals surface area contributed by atoms with Crippen LogP contribution in [0.2, 0.25) is 0 Å². The van der Waals surface area contributed by atoms with Crippen molar-refractivity contribution in [3.05, 3.63) is 56.2 Å². The second-order valence-electron chi connectivity index (χ2n) is 4.67. The Morgan fingerprint density at radius 3 is 2.85 bits per heavy atom. The molecule has 3 rings (SSSR count). The number of oxazole rings is 1. The number of rotatable bonds is 3. The van der Waals surface area contributed by atoms with Gasteiger partial charge >= 0.3 is 5.76 Å². The summed E-state index contributed by atoms with van der Waals surface area (Å²) in [5, 5.41) is 1.82. The Labute approximate surface area is 125 Å². The molecular weight excluding hydrogens is 294 g/mol. The van der Waals surface area contributed by atoms with Gasteiger partial charge in [0.25, 0.3) is 0 Å². The summed E-state index contributed by atoms with van der Waals surface area (Å²) in [7, 11) is 0. The van der Waals surface area contributed by atoms with Gasteiger partial charge in [-0.2, -0.15) is 0 Å². The highest BCUT2D eigenvalue weighted by Crippen LogP contribution is 2.35. The third-order valence-corrected chi connectivity index (χ3v) is 5.12. The van der Waals surface area contributed by atoms with Crippen LogP contribution in [0.3, 0.4) is 0 Å². The van der Waals surface area contributed by atoms with Crippen molar-refractivity contribution in [2.45, 2.75) is 25.8 Å². The molecule has 5 heteroatoms. The molecule has 0 saturated heterocycles. The number of aromatic nitrogens is 1. The van der Waals surface area contributed by atoms with Crippen LogP contribution in [0.15, 0.2) is 38.9 Å². The standard InChI is InChI=1S/C15H14ClNO2S/c1-3-17-11-5-4-10(8-12(11)19-15(17)18)13(16)14-9(2)6-7-20-14/h4-8,13H,3H2,1-2H3. The Kier molecular flexibility index (Phi) is 3.44. The smallest absolute Gasteiger partial charge is 0.408 e. The first-order valence-electron chi connectivity index (χ1n) is 6.43. The first-order chi connectivity index (χ1) is 9.61. The molecule has 2 aromatic heterocycles. The van der Waals surface area contributed by atoms with Crippen LogP contribution in [-0.2, 0) is 6.54 Å².